The van der Waals surface area contributed by atoms with Crippen molar-refractivity contribution in [3.8, 4) is 0 Å². The molecule has 2 aromatic rings. The fourth-order valence-electron chi connectivity index (χ4n) is 4.03. The summed E-state index contributed by atoms with van der Waals surface area (Å²) >= 11 is 0. The lowest BCUT2D eigenvalue weighted by Gasteiger charge is -2.28. The Morgan fingerprint density at radius 1 is 0.935 bits per heavy atom. The van der Waals surface area contributed by atoms with Gasteiger partial charge in [0, 0.05) is 50.7 Å². The van der Waals surface area contributed by atoms with Crippen LogP contribution in [0.1, 0.15) is 38.8 Å². The molecule has 164 valence electrons. The Balaban J connectivity index is 2.07. The summed E-state index contributed by atoms with van der Waals surface area (Å²) in [4.78, 5) is 31.5. The SMILES string of the molecule is CCC(=O)C1=C(O)C(=O)N(c2ccc(N(CC)CC)cc2)C1c1ccc(N(C)C)cc1. The number of anilines is 3. The maximum absolute atomic E-state index is 13.1. The second kappa shape index (κ2) is 9.25. The largest absolute Gasteiger partial charge is 0.503 e. The minimum atomic E-state index is -0.657. The number of amides is 1. The van der Waals surface area contributed by atoms with Crippen molar-refractivity contribution < 1.29 is 14.7 Å². The second-order valence-corrected chi connectivity index (χ2v) is 7.79. The summed E-state index contributed by atoms with van der Waals surface area (Å²) in [7, 11) is 3.91. The molecular formula is C25H31N3O3. The average Bonchev–Trinajstić information content (AvgIpc) is 3.05. The van der Waals surface area contributed by atoms with Crippen LogP contribution in [-0.2, 0) is 9.59 Å². The number of benzene rings is 2. The van der Waals surface area contributed by atoms with Crippen molar-refractivity contribution >= 4 is 28.8 Å². The zero-order valence-corrected chi connectivity index (χ0v) is 18.9. The number of rotatable bonds is 8. The van der Waals surface area contributed by atoms with E-state index in [0.29, 0.717) is 5.69 Å². The molecule has 0 spiro atoms. The number of hydrogen-bond acceptors (Lipinski definition) is 5. The lowest BCUT2D eigenvalue weighted by molar-refractivity contribution is -0.118. The number of hydrogen-bond donors (Lipinski definition) is 1. The van der Waals surface area contributed by atoms with Crippen LogP contribution in [0.3, 0.4) is 0 Å². The van der Waals surface area contributed by atoms with Gasteiger partial charge in [0.25, 0.3) is 5.91 Å². The molecule has 1 aliphatic heterocycles. The number of ketones is 1. The Labute approximate surface area is 184 Å². The zero-order valence-electron chi connectivity index (χ0n) is 18.9. The van der Waals surface area contributed by atoms with Gasteiger partial charge in [-0.1, -0.05) is 19.1 Å². The second-order valence-electron chi connectivity index (χ2n) is 7.79. The van der Waals surface area contributed by atoms with Crippen LogP contribution in [0.4, 0.5) is 17.1 Å². The predicted molar refractivity (Wildman–Crippen MR) is 126 cm³/mol. The first-order valence-corrected chi connectivity index (χ1v) is 10.8. The molecule has 0 fully saturated rings. The molecule has 1 atom stereocenters. The molecule has 0 aromatic heterocycles. The molecule has 0 radical (unpaired) electrons. The van der Waals surface area contributed by atoms with E-state index in [1.807, 2.05) is 67.5 Å². The number of aliphatic hydroxyl groups is 1. The van der Waals surface area contributed by atoms with Crippen LogP contribution in [0.25, 0.3) is 0 Å². The van der Waals surface area contributed by atoms with E-state index in [0.717, 1.165) is 30.0 Å². The molecule has 1 heterocycles. The first-order valence-electron chi connectivity index (χ1n) is 10.8. The molecule has 0 aliphatic carbocycles. The van der Waals surface area contributed by atoms with Gasteiger partial charge >= 0.3 is 0 Å². The number of carbonyl (C=O) groups excluding carboxylic acids is 2. The van der Waals surface area contributed by atoms with Gasteiger partial charge in [-0.2, -0.15) is 0 Å². The number of carbonyl (C=O) groups is 2. The Kier molecular flexibility index (Phi) is 6.68. The van der Waals surface area contributed by atoms with Crippen molar-refractivity contribution in [1.82, 2.24) is 0 Å². The molecule has 0 bridgehead atoms. The van der Waals surface area contributed by atoms with E-state index in [2.05, 4.69) is 18.7 Å². The molecule has 3 rings (SSSR count). The molecule has 0 saturated carbocycles. The summed E-state index contributed by atoms with van der Waals surface area (Å²) in [5.74, 6) is -1.23. The zero-order chi connectivity index (χ0) is 22.7. The third-order valence-electron chi connectivity index (χ3n) is 5.81. The molecule has 1 aliphatic rings. The molecular weight excluding hydrogens is 390 g/mol. The topological polar surface area (TPSA) is 64.1 Å². The average molecular weight is 422 g/mol. The Bertz CT molecular complexity index is 974. The minimum Gasteiger partial charge on any atom is -0.503 e. The summed E-state index contributed by atoms with van der Waals surface area (Å²) in [6.45, 7) is 7.70. The molecule has 1 amide bonds. The molecule has 31 heavy (non-hydrogen) atoms. The summed E-state index contributed by atoms with van der Waals surface area (Å²) < 4.78 is 0. The molecule has 1 unspecified atom stereocenters. The Morgan fingerprint density at radius 3 is 1.97 bits per heavy atom. The maximum Gasteiger partial charge on any atom is 0.294 e. The number of Topliss-reactive ketones (excluding diaryl/α,β-unsaturated/α-hetero) is 1. The third kappa shape index (κ3) is 4.15. The van der Waals surface area contributed by atoms with E-state index in [9.17, 15) is 14.7 Å². The fraction of sp³-hybridized carbons (Fsp3) is 0.360. The van der Waals surface area contributed by atoms with Gasteiger partial charge in [-0.05, 0) is 55.8 Å². The standard InChI is InChI=1S/C25H31N3O3/c1-6-21(29)22-23(17-9-11-18(12-10-17)26(4)5)28(25(31)24(22)30)20-15-13-19(14-16-20)27(7-2)8-3/h9-16,23,30H,6-8H2,1-5H3. The van der Waals surface area contributed by atoms with Crippen molar-refractivity contribution in [2.24, 2.45) is 0 Å². The van der Waals surface area contributed by atoms with Crippen molar-refractivity contribution in [3.05, 3.63) is 65.4 Å². The fourth-order valence-corrected chi connectivity index (χ4v) is 4.03. The monoisotopic (exact) mass is 421 g/mol. The first kappa shape index (κ1) is 22.4. The summed E-state index contributed by atoms with van der Waals surface area (Å²) in [5.41, 5.74) is 3.67. The smallest absolute Gasteiger partial charge is 0.294 e. The summed E-state index contributed by atoms with van der Waals surface area (Å²) in [6, 6.07) is 14.7. The van der Waals surface area contributed by atoms with Gasteiger partial charge in [0.1, 0.15) is 0 Å². The highest BCUT2D eigenvalue weighted by atomic mass is 16.3. The Hall–Kier alpha value is -3.28. The van der Waals surface area contributed by atoms with Crippen LogP contribution < -0.4 is 14.7 Å². The molecule has 6 heteroatoms. The van der Waals surface area contributed by atoms with Crippen LogP contribution >= 0.6 is 0 Å². The third-order valence-corrected chi connectivity index (χ3v) is 5.81. The molecule has 6 nitrogen and oxygen atoms in total. The van der Waals surface area contributed by atoms with Gasteiger partial charge in [0.2, 0.25) is 0 Å². The van der Waals surface area contributed by atoms with Crippen LogP contribution in [0.5, 0.6) is 0 Å². The van der Waals surface area contributed by atoms with Crippen LogP contribution in [0.15, 0.2) is 59.9 Å². The quantitative estimate of drug-likeness (QED) is 0.681. The molecule has 1 N–H and O–H groups in total. The van der Waals surface area contributed by atoms with Crippen LogP contribution in [-0.4, -0.2) is 44.0 Å². The van der Waals surface area contributed by atoms with E-state index in [4.69, 9.17) is 0 Å². The van der Waals surface area contributed by atoms with E-state index in [-0.39, 0.29) is 17.8 Å². The lowest BCUT2D eigenvalue weighted by atomic mass is 9.94. The van der Waals surface area contributed by atoms with E-state index in [1.165, 1.54) is 4.90 Å². The summed E-state index contributed by atoms with van der Waals surface area (Å²) in [6.07, 6.45) is 0.216. The van der Waals surface area contributed by atoms with E-state index in [1.54, 1.807) is 6.92 Å². The number of nitrogens with zero attached hydrogens (tertiary/aromatic N) is 3. The minimum absolute atomic E-state index is 0.165. The van der Waals surface area contributed by atoms with Gasteiger partial charge in [0.05, 0.1) is 11.6 Å². The van der Waals surface area contributed by atoms with E-state index < -0.39 is 17.7 Å². The predicted octanol–water partition coefficient (Wildman–Crippen LogP) is 4.48. The van der Waals surface area contributed by atoms with Gasteiger partial charge in [0.15, 0.2) is 11.5 Å². The highest BCUT2D eigenvalue weighted by Gasteiger charge is 2.43. The molecule has 2 aromatic carbocycles. The van der Waals surface area contributed by atoms with Gasteiger partial charge in [-0.25, -0.2) is 0 Å². The summed E-state index contributed by atoms with van der Waals surface area (Å²) in [5, 5.41) is 10.6. The van der Waals surface area contributed by atoms with Crippen molar-refractivity contribution in [2.45, 2.75) is 33.2 Å². The highest BCUT2D eigenvalue weighted by Crippen LogP contribution is 2.42. The first-order chi connectivity index (χ1) is 14.8. The van der Waals surface area contributed by atoms with Crippen LogP contribution in [0.2, 0.25) is 0 Å². The normalized spacial score (nSPS) is 16.1. The van der Waals surface area contributed by atoms with Gasteiger partial charge in [-0.3, -0.25) is 14.5 Å². The maximum atomic E-state index is 13.1. The Morgan fingerprint density at radius 2 is 1.48 bits per heavy atom. The van der Waals surface area contributed by atoms with Crippen molar-refractivity contribution in [2.75, 3.05) is 41.9 Å². The highest BCUT2D eigenvalue weighted by molar-refractivity contribution is 6.16. The van der Waals surface area contributed by atoms with Gasteiger partial charge < -0.3 is 14.9 Å². The van der Waals surface area contributed by atoms with Crippen molar-refractivity contribution in [1.29, 1.82) is 0 Å². The lowest BCUT2D eigenvalue weighted by Crippen LogP contribution is -2.31. The molecule has 0 saturated heterocycles. The van der Waals surface area contributed by atoms with Crippen molar-refractivity contribution in [3.63, 3.8) is 0 Å². The van der Waals surface area contributed by atoms with E-state index >= 15 is 0 Å². The number of aliphatic hydroxyl groups excluding tert-OH is 1. The van der Waals surface area contributed by atoms with Gasteiger partial charge in [-0.15, -0.1) is 0 Å². The van der Waals surface area contributed by atoms with Crippen LogP contribution in [0, 0.1) is 0 Å².